The second-order valence-electron chi connectivity index (χ2n) is 8.39. The summed E-state index contributed by atoms with van der Waals surface area (Å²) in [7, 11) is 0. The third kappa shape index (κ3) is 4.42. The molecule has 10 heteroatoms. The number of benzene rings is 2. The van der Waals surface area contributed by atoms with Crippen LogP contribution < -0.4 is 11.1 Å². The summed E-state index contributed by atoms with van der Waals surface area (Å²) in [5, 5.41) is 22.4. The maximum atomic E-state index is 14.2. The van der Waals surface area contributed by atoms with E-state index >= 15 is 0 Å². The normalized spacial score (nSPS) is 21.9. The Kier molecular flexibility index (Phi) is 5.85. The van der Waals surface area contributed by atoms with E-state index in [1.54, 1.807) is 24.3 Å². The van der Waals surface area contributed by atoms with Crippen LogP contribution in [0, 0.1) is 11.2 Å². The Labute approximate surface area is 192 Å². The van der Waals surface area contributed by atoms with Crippen molar-refractivity contribution in [3.05, 3.63) is 81.4 Å². The fourth-order valence-electron chi connectivity index (χ4n) is 4.44. The van der Waals surface area contributed by atoms with Crippen LogP contribution in [0.15, 0.2) is 57.9 Å². The van der Waals surface area contributed by atoms with Gasteiger partial charge in [0.25, 0.3) is 5.91 Å². The Morgan fingerprint density at radius 2 is 1.88 bits per heavy atom. The second-order valence-corrected chi connectivity index (χ2v) is 8.83. The largest absolute Gasteiger partial charge is 0.481 e. The molecule has 2 aromatic carbocycles. The third-order valence-electron chi connectivity index (χ3n) is 5.99. The van der Waals surface area contributed by atoms with Gasteiger partial charge in [-0.05, 0) is 48.6 Å². The van der Waals surface area contributed by atoms with Crippen LogP contribution in [0.3, 0.4) is 0 Å². The molecular weight excluding hydrogens is 455 g/mol. The Hall–Kier alpha value is -3.43. The molecule has 0 bridgehead atoms. The van der Waals surface area contributed by atoms with Crippen LogP contribution in [0.1, 0.15) is 28.9 Å². The van der Waals surface area contributed by atoms with Crippen molar-refractivity contribution < 1.29 is 28.6 Å². The highest BCUT2D eigenvalue weighted by atomic mass is 35.5. The Bertz CT molecular complexity index is 1260. The monoisotopic (exact) mass is 474 g/mol. The first-order chi connectivity index (χ1) is 15.7. The van der Waals surface area contributed by atoms with Gasteiger partial charge in [-0.1, -0.05) is 35.9 Å². The lowest BCUT2D eigenvalue weighted by molar-refractivity contribution is -0.165. The van der Waals surface area contributed by atoms with E-state index in [0.29, 0.717) is 16.1 Å². The molecule has 1 amide bonds. The maximum Gasteiger partial charge on any atom is 0.416 e. The van der Waals surface area contributed by atoms with Crippen molar-refractivity contribution in [3.63, 3.8) is 0 Å². The number of aliphatic hydroxyl groups is 1. The van der Waals surface area contributed by atoms with Crippen molar-refractivity contribution in [2.45, 2.75) is 24.8 Å². The van der Waals surface area contributed by atoms with E-state index in [-0.39, 0.29) is 25.0 Å². The fourth-order valence-corrected chi connectivity index (χ4v) is 4.62. The summed E-state index contributed by atoms with van der Waals surface area (Å²) in [4.78, 5) is 37.8. The van der Waals surface area contributed by atoms with Gasteiger partial charge in [0.1, 0.15) is 17.8 Å². The van der Waals surface area contributed by atoms with Crippen LogP contribution in [0.5, 0.6) is 0 Å². The standard InChI is InChI=1S/C23H20ClFN2O6/c24-15-5-6-17(25)16(7-15)14-3-1-13(2-4-14)8-23(10-22(11-23,12-28)20(30)31)27-19(29)18-9-33-21(32)26-18/h1-7,9,28H,8,10-12H2,(H,26,32)(H,27,29)(H,30,31)/t22-,23-. The SMILES string of the molecule is O=C(N[C@]1(Cc2ccc(-c3cc(Cl)ccc3F)cc2)C[C@@](CO)(C(=O)O)C1)c1coc(=O)[nH]1. The lowest BCUT2D eigenvalue weighted by Crippen LogP contribution is -2.66. The zero-order chi connectivity index (χ0) is 23.8. The van der Waals surface area contributed by atoms with E-state index in [1.165, 1.54) is 18.2 Å². The number of rotatable bonds is 7. The van der Waals surface area contributed by atoms with E-state index in [2.05, 4.69) is 14.7 Å². The molecule has 1 fully saturated rings. The second kappa shape index (κ2) is 8.49. The molecule has 8 nitrogen and oxygen atoms in total. The predicted molar refractivity (Wildman–Crippen MR) is 116 cm³/mol. The van der Waals surface area contributed by atoms with Gasteiger partial charge in [0.2, 0.25) is 0 Å². The summed E-state index contributed by atoms with van der Waals surface area (Å²) in [5.74, 6) is -2.99. The van der Waals surface area contributed by atoms with Crippen LogP contribution >= 0.6 is 11.6 Å². The molecule has 1 saturated carbocycles. The van der Waals surface area contributed by atoms with E-state index in [1.807, 2.05) is 0 Å². The van der Waals surface area contributed by atoms with Gasteiger partial charge in [0.05, 0.1) is 12.0 Å². The number of hydrogen-bond acceptors (Lipinski definition) is 5. The van der Waals surface area contributed by atoms with Crippen LogP contribution in [0.25, 0.3) is 11.1 Å². The minimum Gasteiger partial charge on any atom is -0.481 e. The highest BCUT2D eigenvalue weighted by Crippen LogP contribution is 2.50. The fraction of sp³-hybridized carbons (Fsp3) is 0.261. The van der Waals surface area contributed by atoms with Gasteiger partial charge in [-0.25, -0.2) is 9.18 Å². The quantitative estimate of drug-likeness (QED) is 0.416. The van der Waals surface area contributed by atoms with E-state index in [9.17, 15) is 29.0 Å². The average molecular weight is 475 g/mol. The lowest BCUT2D eigenvalue weighted by Gasteiger charge is -2.53. The van der Waals surface area contributed by atoms with Crippen molar-refractivity contribution in [2.75, 3.05) is 6.61 Å². The van der Waals surface area contributed by atoms with Crippen LogP contribution in [-0.4, -0.2) is 39.2 Å². The summed E-state index contributed by atoms with van der Waals surface area (Å²) in [6, 6.07) is 11.2. The smallest absolute Gasteiger partial charge is 0.416 e. The number of carboxylic acid groups (broad SMARTS) is 1. The zero-order valence-electron chi connectivity index (χ0n) is 17.2. The number of halogens is 2. The molecule has 0 aliphatic heterocycles. The number of hydrogen-bond donors (Lipinski definition) is 4. The summed E-state index contributed by atoms with van der Waals surface area (Å²) >= 11 is 5.97. The molecule has 1 aromatic heterocycles. The number of nitrogens with one attached hydrogen (secondary N) is 2. The number of carbonyl (C=O) groups is 2. The molecule has 172 valence electrons. The van der Waals surface area contributed by atoms with Gasteiger partial charge in [-0.2, -0.15) is 0 Å². The van der Waals surface area contributed by atoms with E-state index in [0.717, 1.165) is 11.8 Å². The molecule has 4 N–H and O–H groups in total. The topological polar surface area (TPSA) is 133 Å². The van der Waals surface area contributed by atoms with Gasteiger partial charge in [0, 0.05) is 16.1 Å². The number of aromatic amines is 1. The first kappa shape index (κ1) is 22.8. The first-order valence-electron chi connectivity index (χ1n) is 10.0. The molecule has 0 spiro atoms. The minimum atomic E-state index is -1.37. The van der Waals surface area contributed by atoms with Crippen LogP contribution in [0.2, 0.25) is 5.02 Å². The first-order valence-corrected chi connectivity index (χ1v) is 10.4. The van der Waals surface area contributed by atoms with E-state index in [4.69, 9.17) is 11.6 Å². The van der Waals surface area contributed by atoms with Gasteiger partial charge in [-0.15, -0.1) is 0 Å². The zero-order valence-corrected chi connectivity index (χ0v) is 18.0. The molecule has 0 atom stereocenters. The predicted octanol–water partition coefficient (Wildman–Crippen LogP) is 3.00. The number of carboxylic acids is 1. The highest BCUT2D eigenvalue weighted by Gasteiger charge is 2.59. The van der Waals surface area contributed by atoms with Crippen molar-refractivity contribution in [1.29, 1.82) is 0 Å². The van der Waals surface area contributed by atoms with Gasteiger partial charge >= 0.3 is 11.7 Å². The number of amides is 1. The van der Waals surface area contributed by atoms with Crippen molar-refractivity contribution in [2.24, 2.45) is 5.41 Å². The molecule has 1 heterocycles. The molecule has 1 aliphatic rings. The minimum absolute atomic E-state index is 0.00959. The number of H-pyrrole nitrogens is 1. The Morgan fingerprint density at radius 1 is 1.18 bits per heavy atom. The molecule has 33 heavy (non-hydrogen) atoms. The van der Waals surface area contributed by atoms with Crippen molar-refractivity contribution in [3.8, 4) is 11.1 Å². The third-order valence-corrected chi connectivity index (χ3v) is 6.22. The summed E-state index contributed by atoms with van der Waals surface area (Å²) in [6.45, 7) is -0.574. The maximum absolute atomic E-state index is 14.2. The molecular formula is C23H20ClFN2O6. The number of oxazole rings is 1. The van der Waals surface area contributed by atoms with Gasteiger partial charge in [0.15, 0.2) is 0 Å². The summed E-state index contributed by atoms with van der Waals surface area (Å²) in [6.07, 6.45) is 1.22. The summed E-state index contributed by atoms with van der Waals surface area (Å²) < 4.78 is 18.8. The van der Waals surface area contributed by atoms with Crippen molar-refractivity contribution in [1.82, 2.24) is 10.3 Å². The number of aliphatic carboxylic acids is 1. The van der Waals surface area contributed by atoms with Crippen LogP contribution in [0.4, 0.5) is 4.39 Å². The van der Waals surface area contributed by atoms with Crippen LogP contribution in [-0.2, 0) is 11.2 Å². The molecule has 4 rings (SSSR count). The Morgan fingerprint density at radius 3 is 2.45 bits per heavy atom. The van der Waals surface area contributed by atoms with Crippen molar-refractivity contribution >= 4 is 23.5 Å². The number of carbonyl (C=O) groups excluding carboxylic acids is 1. The lowest BCUT2D eigenvalue weighted by atomic mass is 9.55. The average Bonchev–Trinajstić information content (AvgIpc) is 3.20. The molecule has 0 saturated heterocycles. The molecule has 0 radical (unpaired) electrons. The summed E-state index contributed by atoms with van der Waals surface area (Å²) in [5.41, 5.74) is -0.732. The Balaban J connectivity index is 1.59. The highest BCUT2D eigenvalue weighted by molar-refractivity contribution is 6.30. The molecule has 0 unspecified atom stereocenters. The molecule has 3 aromatic rings. The number of aromatic nitrogens is 1. The molecule has 1 aliphatic carbocycles. The number of aliphatic hydroxyl groups excluding tert-OH is 1. The van der Waals surface area contributed by atoms with Gasteiger partial charge < -0.3 is 19.9 Å². The van der Waals surface area contributed by atoms with E-state index < -0.39 is 41.0 Å². The van der Waals surface area contributed by atoms with Gasteiger partial charge in [-0.3, -0.25) is 14.6 Å².